The number of piperidine rings is 1. The summed E-state index contributed by atoms with van der Waals surface area (Å²) >= 11 is 0. The summed E-state index contributed by atoms with van der Waals surface area (Å²) in [6, 6.07) is 9.84. The van der Waals surface area contributed by atoms with Crippen LogP contribution in [-0.4, -0.2) is 66.8 Å². The number of rotatable bonds is 4. The van der Waals surface area contributed by atoms with Gasteiger partial charge in [0.2, 0.25) is 5.91 Å². The lowest BCUT2D eigenvalue weighted by molar-refractivity contribution is -0.146. The fourth-order valence-corrected chi connectivity index (χ4v) is 3.90. The van der Waals surface area contributed by atoms with Crippen molar-refractivity contribution in [3.8, 4) is 0 Å². The van der Waals surface area contributed by atoms with Crippen molar-refractivity contribution in [3.05, 3.63) is 35.9 Å². The minimum Gasteiger partial charge on any atom is -0.383 e. The molecule has 126 valence electrons. The number of aliphatic hydroxyl groups is 1. The zero-order chi connectivity index (χ0) is 16.3. The number of benzene rings is 1. The third kappa shape index (κ3) is 3.27. The first-order chi connectivity index (χ1) is 11.1. The van der Waals surface area contributed by atoms with E-state index in [1.165, 1.54) is 0 Å². The van der Waals surface area contributed by atoms with E-state index in [2.05, 4.69) is 4.90 Å². The van der Waals surface area contributed by atoms with Gasteiger partial charge in [-0.15, -0.1) is 0 Å². The molecule has 2 fully saturated rings. The first kappa shape index (κ1) is 16.4. The van der Waals surface area contributed by atoms with Gasteiger partial charge in [0.15, 0.2) is 0 Å². The van der Waals surface area contributed by atoms with Crippen LogP contribution in [0.5, 0.6) is 0 Å². The molecule has 23 heavy (non-hydrogen) atoms. The molecule has 0 bridgehead atoms. The minimum atomic E-state index is -0.893. The smallest absolute Gasteiger partial charge is 0.248 e. The minimum absolute atomic E-state index is 0.00630. The molecule has 3 rings (SSSR count). The Bertz CT molecular complexity index is 530. The van der Waals surface area contributed by atoms with Crippen LogP contribution in [0.2, 0.25) is 0 Å². The molecule has 1 N–H and O–H groups in total. The van der Waals surface area contributed by atoms with Crippen molar-refractivity contribution in [1.29, 1.82) is 0 Å². The van der Waals surface area contributed by atoms with Gasteiger partial charge in [0.25, 0.3) is 0 Å². The van der Waals surface area contributed by atoms with Crippen LogP contribution in [0, 0.1) is 0 Å². The Kier molecular flexibility index (Phi) is 4.99. The van der Waals surface area contributed by atoms with E-state index in [1.54, 1.807) is 7.11 Å². The van der Waals surface area contributed by atoms with Crippen LogP contribution in [0.1, 0.15) is 24.8 Å². The monoisotopic (exact) mass is 318 g/mol. The molecule has 5 nitrogen and oxygen atoms in total. The molecule has 2 aliphatic heterocycles. The van der Waals surface area contributed by atoms with E-state index in [0.29, 0.717) is 19.5 Å². The lowest BCUT2D eigenvalue weighted by Crippen LogP contribution is -2.61. The zero-order valence-electron chi connectivity index (χ0n) is 13.8. The second kappa shape index (κ2) is 6.99. The number of nitrogens with zero attached hydrogens (tertiary/aromatic N) is 2. The van der Waals surface area contributed by atoms with Gasteiger partial charge < -0.3 is 14.7 Å². The Hall–Kier alpha value is -1.43. The summed E-state index contributed by atoms with van der Waals surface area (Å²) in [5.41, 5.74) is 0.0610. The molecule has 2 aliphatic rings. The molecule has 1 aromatic carbocycles. The standard InChI is InChI=1S/C18H26N2O3/c1-23-14-17(21)20-12-9-18(22,15-7-3-2-4-8-15)16(13-20)19-10-5-6-11-19/h2-4,7-8,16,22H,5-6,9-14H2,1H3/t16-,18+/m1/s1. The number of carbonyl (C=O) groups excluding carboxylic acids is 1. The molecule has 5 heteroatoms. The van der Waals surface area contributed by atoms with Gasteiger partial charge in [0, 0.05) is 20.2 Å². The molecule has 2 atom stereocenters. The van der Waals surface area contributed by atoms with Crippen LogP contribution in [0.15, 0.2) is 30.3 Å². The lowest BCUT2D eigenvalue weighted by atomic mass is 9.79. The molecule has 1 aromatic rings. The zero-order valence-corrected chi connectivity index (χ0v) is 13.8. The Morgan fingerprint density at radius 1 is 1.26 bits per heavy atom. The van der Waals surface area contributed by atoms with E-state index in [4.69, 9.17) is 4.74 Å². The SMILES string of the molecule is COCC(=O)N1CC[C@](O)(c2ccccc2)[C@H](N2CCCC2)C1. The molecular weight excluding hydrogens is 292 g/mol. The van der Waals surface area contributed by atoms with Crippen LogP contribution in [0.4, 0.5) is 0 Å². The molecule has 2 saturated heterocycles. The highest BCUT2D eigenvalue weighted by Gasteiger charge is 2.47. The molecule has 0 spiro atoms. The average Bonchev–Trinajstić information content (AvgIpc) is 3.10. The van der Waals surface area contributed by atoms with Crippen LogP contribution < -0.4 is 0 Å². The van der Waals surface area contributed by atoms with Crippen LogP contribution in [-0.2, 0) is 15.1 Å². The number of hydrogen-bond donors (Lipinski definition) is 1. The Balaban J connectivity index is 1.86. The second-order valence-electron chi connectivity index (χ2n) is 6.57. The summed E-state index contributed by atoms with van der Waals surface area (Å²) in [5.74, 6) is 0.00630. The quantitative estimate of drug-likeness (QED) is 0.907. The Labute approximate surface area is 137 Å². The number of likely N-dealkylation sites (tertiary alicyclic amines) is 2. The fourth-order valence-electron chi connectivity index (χ4n) is 3.90. The summed E-state index contributed by atoms with van der Waals surface area (Å²) in [7, 11) is 1.54. The molecule has 2 heterocycles. The van der Waals surface area contributed by atoms with Gasteiger partial charge in [0.1, 0.15) is 12.2 Å². The van der Waals surface area contributed by atoms with Crippen molar-refractivity contribution in [2.75, 3.05) is 39.9 Å². The maximum Gasteiger partial charge on any atom is 0.248 e. The molecule has 0 aromatic heterocycles. The molecule has 0 saturated carbocycles. The molecule has 0 aliphatic carbocycles. The van der Waals surface area contributed by atoms with Gasteiger partial charge in [-0.1, -0.05) is 30.3 Å². The van der Waals surface area contributed by atoms with Gasteiger partial charge in [-0.2, -0.15) is 0 Å². The normalized spacial score (nSPS) is 29.0. The first-order valence-electron chi connectivity index (χ1n) is 8.44. The third-order valence-corrected chi connectivity index (χ3v) is 5.18. The van der Waals surface area contributed by atoms with Crippen molar-refractivity contribution >= 4 is 5.91 Å². The molecule has 0 radical (unpaired) electrons. The van der Waals surface area contributed by atoms with Gasteiger partial charge in [0.05, 0.1) is 6.04 Å². The number of amides is 1. The van der Waals surface area contributed by atoms with Crippen molar-refractivity contribution in [2.24, 2.45) is 0 Å². The molecule has 0 unspecified atom stereocenters. The van der Waals surface area contributed by atoms with Gasteiger partial charge in [-0.25, -0.2) is 0 Å². The van der Waals surface area contributed by atoms with Crippen molar-refractivity contribution in [1.82, 2.24) is 9.80 Å². The average molecular weight is 318 g/mol. The maximum absolute atomic E-state index is 12.2. The Morgan fingerprint density at radius 2 is 1.96 bits per heavy atom. The van der Waals surface area contributed by atoms with Crippen LogP contribution in [0.25, 0.3) is 0 Å². The molecule has 1 amide bonds. The predicted octanol–water partition coefficient (Wildman–Crippen LogP) is 1.22. The topological polar surface area (TPSA) is 53.0 Å². The number of carbonyl (C=O) groups is 1. The van der Waals surface area contributed by atoms with Crippen molar-refractivity contribution in [3.63, 3.8) is 0 Å². The Morgan fingerprint density at radius 3 is 2.61 bits per heavy atom. The number of methoxy groups -OCH3 is 1. The first-order valence-corrected chi connectivity index (χ1v) is 8.44. The van der Waals surface area contributed by atoms with Crippen LogP contribution >= 0.6 is 0 Å². The summed E-state index contributed by atoms with van der Waals surface area (Å²) in [4.78, 5) is 16.4. The van der Waals surface area contributed by atoms with E-state index in [1.807, 2.05) is 35.2 Å². The molecular formula is C18H26N2O3. The highest BCUT2D eigenvalue weighted by molar-refractivity contribution is 5.77. The van der Waals surface area contributed by atoms with Crippen LogP contribution in [0.3, 0.4) is 0 Å². The fraction of sp³-hybridized carbons (Fsp3) is 0.611. The van der Waals surface area contributed by atoms with E-state index in [0.717, 1.165) is 31.5 Å². The van der Waals surface area contributed by atoms with Gasteiger partial charge in [-0.05, 0) is 37.9 Å². The highest BCUT2D eigenvalue weighted by atomic mass is 16.5. The summed E-state index contributed by atoms with van der Waals surface area (Å²) in [5, 5.41) is 11.5. The summed E-state index contributed by atoms with van der Waals surface area (Å²) in [6.07, 6.45) is 2.88. The number of ether oxygens (including phenoxy) is 1. The van der Waals surface area contributed by atoms with Gasteiger partial charge in [-0.3, -0.25) is 9.69 Å². The summed E-state index contributed by atoms with van der Waals surface area (Å²) < 4.78 is 4.99. The van der Waals surface area contributed by atoms with E-state index in [9.17, 15) is 9.90 Å². The lowest BCUT2D eigenvalue weighted by Gasteiger charge is -2.48. The number of hydrogen-bond acceptors (Lipinski definition) is 4. The van der Waals surface area contributed by atoms with Gasteiger partial charge >= 0.3 is 0 Å². The maximum atomic E-state index is 12.2. The van der Waals surface area contributed by atoms with Crippen molar-refractivity contribution < 1.29 is 14.6 Å². The highest BCUT2D eigenvalue weighted by Crippen LogP contribution is 2.37. The van der Waals surface area contributed by atoms with E-state index in [-0.39, 0.29) is 18.6 Å². The van der Waals surface area contributed by atoms with Crippen molar-refractivity contribution in [2.45, 2.75) is 30.9 Å². The summed E-state index contributed by atoms with van der Waals surface area (Å²) in [6.45, 7) is 3.22. The second-order valence-corrected chi connectivity index (χ2v) is 6.57. The van der Waals surface area contributed by atoms with E-state index >= 15 is 0 Å². The largest absolute Gasteiger partial charge is 0.383 e. The van der Waals surface area contributed by atoms with E-state index < -0.39 is 5.60 Å². The predicted molar refractivity (Wildman–Crippen MR) is 88.0 cm³/mol. The third-order valence-electron chi connectivity index (χ3n) is 5.18.